The van der Waals surface area contributed by atoms with Crippen molar-refractivity contribution in [2.45, 2.75) is 32.7 Å². The molecular weight excluding hydrogens is 242 g/mol. The molecule has 0 radical (unpaired) electrons. The minimum absolute atomic E-state index is 0.0121. The monoisotopic (exact) mass is 265 g/mol. The van der Waals surface area contributed by atoms with Gasteiger partial charge >= 0.3 is 0 Å². The first kappa shape index (κ1) is 15.4. The average Bonchev–Trinajstić information content (AvgIpc) is 2.82. The Morgan fingerprint density at radius 1 is 1.53 bits per heavy atom. The van der Waals surface area contributed by atoms with Gasteiger partial charge < -0.3 is 10.0 Å². The predicted octanol–water partition coefficient (Wildman–Crippen LogP) is 1.44. The van der Waals surface area contributed by atoms with Crippen LogP contribution in [-0.4, -0.2) is 44.9 Å². The van der Waals surface area contributed by atoms with Crippen LogP contribution in [0.25, 0.3) is 6.08 Å². The zero-order valence-corrected chi connectivity index (χ0v) is 11.9. The molecule has 1 N–H and O–H groups in total. The summed E-state index contributed by atoms with van der Waals surface area (Å²) in [6.07, 6.45) is 6.77. The molecule has 0 unspecified atom stereocenters. The summed E-state index contributed by atoms with van der Waals surface area (Å²) >= 11 is 0. The Bertz CT molecular complexity index is 422. The zero-order chi connectivity index (χ0) is 14.3. The maximum Gasteiger partial charge on any atom is 0.246 e. The molecule has 0 saturated heterocycles. The summed E-state index contributed by atoms with van der Waals surface area (Å²) in [5.74, 6) is -0.0658. The summed E-state index contributed by atoms with van der Waals surface area (Å²) in [5, 5.41) is 13.1. The lowest BCUT2D eigenvalue weighted by atomic mass is 10.1. The molecule has 0 saturated carbocycles. The van der Waals surface area contributed by atoms with Crippen LogP contribution in [0.2, 0.25) is 0 Å². The molecular formula is C14H23N3O2. The molecule has 5 nitrogen and oxygen atoms in total. The molecule has 1 rings (SSSR count). The number of aliphatic hydroxyl groups is 1. The maximum absolute atomic E-state index is 12.2. The van der Waals surface area contributed by atoms with Crippen LogP contribution >= 0.6 is 0 Å². The highest BCUT2D eigenvalue weighted by atomic mass is 16.3. The van der Waals surface area contributed by atoms with Crippen molar-refractivity contribution in [3.63, 3.8) is 0 Å². The second-order valence-electron chi connectivity index (χ2n) is 4.44. The van der Waals surface area contributed by atoms with Crippen LogP contribution in [-0.2, 0) is 11.8 Å². The van der Waals surface area contributed by atoms with E-state index in [1.165, 1.54) is 0 Å². The molecule has 1 heterocycles. The summed E-state index contributed by atoms with van der Waals surface area (Å²) < 4.78 is 1.71. The van der Waals surface area contributed by atoms with Gasteiger partial charge in [0.05, 0.1) is 12.3 Å². The Morgan fingerprint density at radius 3 is 2.68 bits per heavy atom. The van der Waals surface area contributed by atoms with Gasteiger partial charge in [-0.05, 0) is 25.0 Å². The standard InChI is InChI=1S/C14H23N3O2/c1-4-12(5-2)17(10-11-18)14(19)7-6-13-8-9-15-16(13)3/h6-9,12,18H,4-5,10-11H2,1-3H3/b7-6+. The summed E-state index contributed by atoms with van der Waals surface area (Å²) in [6.45, 7) is 4.47. The number of aromatic nitrogens is 2. The molecule has 0 aliphatic rings. The largest absolute Gasteiger partial charge is 0.395 e. The smallest absolute Gasteiger partial charge is 0.246 e. The lowest BCUT2D eigenvalue weighted by molar-refractivity contribution is -0.128. The Labute approximate surface area is 114 Å². The first-order valence-corrected chi connectivity index (χ1v) is 6.71. The van der Waals surface area contributed by atoms with Crippen molar-refractivity contribution >= 4 is 12.0 Å². The van der Waals surface area contributed by atoms with Gasteiger partial charge in [-0.2, -0.15) is 5.10 Å². The molecule has 1 amide bonds. The van der Waals surface area contributed by atoms with Crippen LogP contribution in [0, 0.1) is 0 Å². The molecule has 0 spiro atoms. The molecule has 0 aliphatic heterocycles. The van der Waals surface area contributed by atoms with Gasteiger partial charge in [-0.25, -0.2) is 0 Å². The number of aryl methyl sites for hydroxylation is 1. The van der Waals surface area contributed by atoms with E-state index in [1.54, 1.807) is 27.9 Å². The highest BCUT2D eigenvalue weighted by Gasteiger charge is 2.18. The third kappa shape index (κ3) is 4.21. The molecule has 1 aromatic heterocycles. The van der Waals surface area contributed by atoms with Crippen molar-refractivity contribution in [1.82, 2.24) is 14.7 Å². The second-order valence-corrected chi connectivity index (χ2v) is 4.44. The van der Waals surface area contributed by atoms with Gasteiger partial charge in [0.15, 0.2) is 0 Å². The summed E-state index contributed by atoms with van der Waals surface area (Å²) in [7, 11) is 1.83. The van der Waals surface area contributed by atoms with Crippen molar-refractivity contribution in [2.24, 2.45) is 7.05 Å². The van der Waals surface area contributed by atoms with Crippen LogP contribution < -0.4 is 0 Å². The van der Waals surface area contributed by atoms with Gasteiger partial charge in [0.2, 0.25) is 5.91 Å². The van der Waals surface area contributed by atoms with Gasteiger partial charge in [0.1, 0.15) is 0 Å². The molecule has 1 aromatic rings. The van der Waals surface area contributed by atoms with E-state index in [-0.39, 0.29) is 18.6 Å². The quantitative estimate of drug-likeness (QED) is 0.759. The third-order valence-electron chi connectivity index (χ3n) is 3.26. The normalized spacial score (nSPS) is 11.4. The van der Waals surface area contributed by atoms with Crippen LogP contribution in [0.1, 0.15) is 32.4 Å². The SMILES string of the molecule is CCC(CC)N(CCO)C(=O)/C=C/c1ccnn1C. The molecule has 106 valence electrons. The first-order chi connectivity index (χ1) is 9.13. The molecule has 0 aliphatic carbocycles. The van der Waals surface area contributed by atoms with E-state index in [0.717, 1.165) is 18.5 Å². The fourth-order valence-corrected chi connectivity index (χ4v) is 2.11. The molecule has 0 fully saturated rings. The fourth-order valence-electron chi connectivity index (χ4n) is 2.11. The Kier molecular flexibility index (Phi) is 6.29. The summed E-state index contributed by atoms with van der Waals surface area (Å²) in [5.41, 5.74) is 0.877. The number of carbonyl (C=O) groups is 1. The van der Waals surface area contributed by atoms with Crippen molar-refractivity contribution < 1.29 is 9.90 Å². The van der Waals surface area contributed by atoms with E-state index in [9.17, 15) is 4.79 Å². The molecule has 0 atom stereocenters. The Morgan fingerprint density at radius 2 is 2.21 bits per heavy atom. The van der Waals surface area contributed by atoms with Crippen LogP contribution in [0.3, 0.4) is 0 Å². The summed E-state index contributed by atoms with van der Waals surface area (Å²) in [4.78, 5) is 13.9. The molecule has 5 heteroatoms. The summed E-state index contributed by atoms with van der Waals surface area (Å²) in [6, 6.07) is 2.02. The first-order valence-electron chi connectivity index (χ1n) is 6.71. The third-order valence-corrected chi connectivity index (χ3v) is 3.26. The topological polar surface area (TPSA) is 58.4 Å². The molecule has 0 bridgehead atoms. The Hall–Kier alpha value is -1.62. The number of nitrogens with zero attached hydrogens (tertiary/aromatic N) is 3. The number of carbonyl (C=O) groups excluding carboxylic acids is 1. The van der Waals surface area contributed by atoms with E-state index in [2.05, 4.69) is 18.9 Å². The number of hydrogen-bond donors (Lipinski definition) is 1. The van der Waals surface area contributed by atoms with E-state index < -0.39 is 0 Å². The molecule has 0 aromatic carbocycles. The van der Waals surface area contributed by atoms with Crippen LogP contribution in [0.15, 0.2) is 18.3 Å². The highest BCUT2D eigenvalue weighted by Crippen LogP contribution is 2.10. The van der Waals surface area contributed by atoms with Gasteiger partial charge in [0, 0.05) is 31.9 Å². The number of aliphatic hydroxyl groups excluding tert-OH is 1. The van der Waals surface area contributed by atoms with Crippen molar-refractivity contribution in [2.75, 3.05) is 13.2 Å². The highest BCUT2D eigenvalue weighted by molar-refractivity contribution is 5.91. The van der Waals surface area contributed by atoms with Crippen molar-refractivity contribution in [3.05, 3.63) is 24.0 Å². The lowest BCUT2D eigenvalue weighted by Gasteiger charge is -2.28. The average molecular weight is 265 g/mol. The van der Waals surface area contributed by atoms with Crippen molar-refractivity contribution in [3.8, 4) is 0 Å². The van der Waals surface area contributed by atoms with Gasteiger partial charge in [0.25, 0.3) is 0 Å². The Balaban J connectivity index is 2.77. The lowest BCUT2D eigenvalue weighted by Crippen LogP contribution is -2.40. The van der Waals surface area contributed by atoms with E-state index in [1.807, 2.05) is 13.1 Å². The minimum Gasteiger partial charge on any atom is -0.395 e. The van der Waals surface area contributed by atoms with Gasteiger partial charge in [-0.1, -0.05) is 13.8 Å². The van der Waals surface area contributed by atoms with E-state index in [4.69, 9.17) is 5.11 Å². The van der Waals surface area contributed by atoms with Crippen LogP contribution in [0.5, 0.6) is 0 Å². The number of hydrogen-bond acceptors (Lipinski definition) is 3. The number of amides is 1. The van der Waals surface area contributed by atoms with Crippen molar-refractivity contribution in [1.29, 1.82) is 0 Å². The fraction of sp³-hybridized carbons (Fsp3) is 0.571. The predicted molar refractivity (Wildman–Crippen MR) is 75.4 cm³/mol. The van der Waals surface area contributed by atoms with E-state index in [0.29, 0.717) is 6.54 Å². The molecule has 19 heavy (non-hydrogen) atoms. The van der Waals surface area contributed by atoms with Gasteiger partial charge in [-0.15, -0.1) is 0 Å². The zero-order valence-electron chi connectivity index (χ0n) is 11.9. The van der Waals surface area contributed by atoms with Crippen LogP contribution in [0.4, 0.5) is 0 Å². The van der Waals surface area contributed by atoms with E-state index >= 15 is 0 Å². The minimum atomic E-state index is -0.0658. The maximum atomic E-state index is 12.2. The number of rotatable bonds is 7. The van der Waals surface area contributed by atoms with Gasteiger partial charge in [-0.3, -0.25) is 9.48 Å². The second kappa shape index (κ2) is 7.74.